The molecule has 1 aromatic heterocycles. The maximum atomic E-state index is 5.21. The molecule has 1 aliphatic heterocycles. The zero-order valence-electron chi connectivity index (χ0n) is 10.4. The SMILES string of the molecule is Cc1noc(CN(C[C@H]2CCCN2)C2CC2)n1. The van der Waals surface area contributed by atoms with Gasteiger partial charge in [0.15, 0.2) is 5.82 Å². The van der Waals surface area contributed by atoms with Crippen molar-refractivity contribution < 1.29 is 4.52 Å². The molecule has 1 saturated carbocycles. The van der Waals surface area contributed by atoms with Crippen LogP contribution in [0.4, 0.5) is 0 Å². The summed E-state index contributed by atoms with van der Waals surface area (Å²) in [6.07, 6.45) is 5.24. The highest BCUT2D eigenvalue weighted by Gasteiger charge is 2.32. The van der Waals surface area contributed by atoms with Gasteiger partial charge in [0.1, 0.15) is 0 Å². The average molecular weight is 236 g/mol. The third-order valence-electron chi connectivity index (χ3n) is 3.59. The van der Waals surface area contributed by atoms with Crippen molar-refractivity contribution >= 4 is 0 Å². The lowest BCUT2D eigenvalue weighted by Gasteiger charge is -2.23. The van der Waals surface area contributed by atoms with Gasteiger partial charge < -0.3 is 9.84 Å². The number of aryl methyl sites for hydroxylation is 1. The summed E-state index contributed by atoms with van der Waals surface area (Å²) in [5, 5.41) is 7.41. The summed E-state index contributed by atoms with van der Waals surface area (Å²) in [7, 11) is 0. The Labute approximate surface area is 102 Å². The average Bonchev–Trinajstić information content (AvgIpc) is 2.89. The van der Waals surface area contributed by atoms with Gasteiger partial charge in [-0.15, -0.1) is 0 Å². The van der Waals surface area contributed by atoms with E-state index in [1.807, 2.05) is 6.92 Å². The molecule has 1 aliphatic carbocycles. The molecule has 0 spiro atoms. The van der Waals surface area contributed by atoms with Gasteiger partial charge >= 0.3 is 0 Å². The lowest BCUT2D eigenvalue weighted by atomic mass is 10.2. The number of hydrogen-bond acceptors (Lipinski definition) is 5. The van der Waals surface area contributed by atoms with Crippen molar-refractivity contribution in [2.24, 2.45) is 0 Å². The minimum absolute atomic E-state index is 0.652. The van der Waals surface area contributed by atoms with E-state index in [2.05, 4.69) is 20.4 Å². The van der Waals surface area contributed by atoms with Crippen LogP contribution >= 0.6 is 0 Å². The summed E-state index contributed by atoms with van der Waals surface area (Å²) in [4.78, 5) is 6.79. The van der Waals surface area contributed by atoms with Crippen molar-refractivity contribution in [2.75, 3.05) is 13.1 Å². The molecular weight excluding hydrogens is 216 g/mol. The quantitative estimate of drug-likeness (QED) is 0.829. The highest BCUT2D eigenvalue weighted by molar-refractivity contribution is 4.92. The van der Waals surface area contributed by atoms with E-state index in [-0.39, 0.29) is 0 Å². The Morgan fingerprint density at radius 2 is 2.29 bits per heavy atom. The zero-order valence-corrected chi connectivity index (χ0v) is 10.4. The minimum Gasteiger partial charge on any atom is -0.338 e. The Morgan fingerprint density at radius 3 is 2.88 bits per heavy atom. The van der Waals surface area contributed by atoms with E-state index in [1.165, 1.54) is 32.2 Å². The summed E-state index contributed by atoms with van der Waals surface area (Å²) in [6, 6.07) is 1.39. The summed E-state index contributed by atoms with van der Waals surface area (Å²) < 4.78 is 5.21. The first-order valence-electron chi connectivity index (χ1n) is 6.58. The minimum atomic E-state index is 0.652. The van der Waals surface area contributed by atoms with Crippen LogP contribution in [0.3, 0.4) is 0 Å². The predicted octanol–water partition coefficient (Wildman–Crippen LogP) is 1.09. The second-order valence-corrected chi connectivity index (χ2v) is 5.19. The van der Waals surface area contributed by atoms with Gasteiger partial charge in [-0.1, -0.05) is 5.16 Å². The highest BCUT2D eigenvalue weighted by Crippen LogP contribution is 2.28. The van der Waals surface area contributed by atoms with Crippen LogP contribution in [-0.4, -0.2) is 40.2 Å². The molecule has 1 atom stereocenters. The first-order chi connectivity index (χ1) is 8.31. The van der Waals surface area contributed by atoms with Crippen LogP contribution in [0.2, 0.25) is 0 Å². The molecule has 0 aromatic carbocycles. The predicted molar refractivity (Wildman–Crippen MR) is 63.5 cm³/mol. The van der Waals surface area contributed by atoms with Gasteiger partial charge in [0.05, 0.1) is 6.54 Å². The molecule has 94 valence electrons. The second kappa shape index (κ2) is 4.74. The van der Waals surface area contributed by atoms with E-state index in [0.29, 0.717) is 6.04 Å². The number of hydrogen-bond donors (Lipinski definition) is 1. The maximum Gasteiger partial charge on any atom is 0.240 e. The highest BCUT2D eigenvalue weighted by atomic mass is 16.5. The van der Waals surface area contributed by atoms with Gasteiger partial charge in [0, 0.05) is 18.6 Å². The van der Waals surface area contributed by atoms with E-state index in [9.17, 15) is 0 Å². The molecule has 5 nitrogen and oxygen atoms in total. The van der Waals surface area contributed by atoms with Crippen molar-refractivity contribution in [1.29, 1.82) is 0 Å². The van der Waals surface area contributed by atoms with Gasteiger partial charge in [-0.2, -0.15) is 4.98 Å². The van der Waals surface area contributed by atoms with E-state index in [1.54, 1.807) is 0 Å². The van der Waals surface area contributed by atoms with Gasteiger partial charge in [0.2, 0.25) is 5.89 Å². The van der Waals surface area contributed by atoms with Crippen molar-refractivity contribution in [3.8, 4) is 0 Å². The Morgan fingerprint density at radius 1 is 1.41 bits per heavy atom. The van der Waals surface area contributed by atoms with Crippen LogP contribution in [-0.2, 0) is 6.54 Å². The van der Waals surface area contributed by atoms with Gasteiger partial charge in [-0.05, 0) is 39.2 Å². The van der Waals surface area contributed by atoms with Crippen LogP contribution in [0.1, 0.15) is 37.4 Å². The smallest absolute Gasteiger partial charge is 0.240 e. The van der Waals surface area contributed by atoms with Crippen LogP contribution in [0.5, 0.6) is 0 Å². The molecule has 2 heterocycles. The number of nitrogens with zero attached hydrogens (tertiary/aromatic N) is 3. The fraction of sp³-hybridized carbons (Fsp3) is 0.833. The Kier molecular flexibility index (Phi) is 3.11. The van der Waals surface area contributed by atoms with Gasteiger partial charge in [0.25, 0.3) is 0 Å². The van der Waals surface area contributed by atoms with Crippen LogP contribution in [0.25, 0.3) is 0 Å². The summed E-state index contributed by atoms with van der Waals surface area (Å²) in [6.45, 7) is 4.96. The van der Waals surface area contributed by atoms with Crippen molar-refractivity contribution in [2.45, 2.75) is 51.2 Å². The lowest BCUT2D eigenvalue weighted by molar-refractivity contribution is 0.200. The lowest BCUT2D eigenvalue weighted by Crippen LogP contribution is -2.38. The van der Waals surface area contributed by atoms with Crippen molar-refractivity contribution in [1.82, 2.24) is 20.4 Å². The summed E-state index contributed by atoms with van der Waals surface area (Å²) in [5.74, 6) is 1.49. The molecule has 2 fully saturated rings. The second-order valence-electron chi connectivity index (χ2n) is 5.19. The molecule has 3 rings (SSSR count). The summed E-state index contributed by atoms with van der Waals surface area (Å²) in [5.41, 5.74) is 0. The van der Waals surface area contributed by atoms with E-state index < -0.39 is 0 Å². The molecule has 0 unspecified atom stereocenters. The normalized spacial score (nSPS) is 24.7. The molecule has 1 saturated heterocycles. The monoisotopic (exact) mass is 236 g/mol. The summed E-state index contributed by atoms with van der Waals surface area (Å²) >= 11 is 0. The topological polar surface area (TPSA) is 54.2 Å². The van der Waals surface area contributed by atoms with Gasteiger partial charge in [-0.3, -0.25) is 4.90 Å². The molecule has 17 heavy (non-hydrogen) atoms. The Balaban J connectivity index is 1.59. The molecule has 1 aromatic rings. The maximum absolute atomic E-state index is 5.21. The van der Waals surface area contributed by atoms with Crippen LogP contribution < -0.4 is 5.32 Å². The fourth-order valence-electron chi connectivity index (χ4n) is 2.56. The largest absolute Gasteiger partial charge is 0.338 e. The molecule has 0 bridgehead atoms. The molecule has 0 radical (unpaired) electrons. The Hall–Kier alpha value is -0.940. The van der Waals surface area contributed by atoms with Gasteiger partial charge in [-0.25, -0.2) is 0 Å². The number of aromatic nitrogens is 2. The Bertz CT molecular complexity index is 368. The van der Waals surface area contributed by atoms with Crippen molar-refractivity contribution in [3.63, 3.8) is 0 Å². The third-order valence-corrected chi connectivity index (χ3v) is 3.59. The molecule has 5 heteroatoms. The first kappa shape index (κ1) is 11.2. The molecule has 0 amide bonds. The zero-order chi connectivity index (χ0) is 11.7. The molecule has 2 aliphatic rings. The standard InChI is InChI=1S/C12H20N4O/c1-9-14-12(17-15-9)8-16(11-4-5-11)7-10-3-2-6-13-10/h10-11,13H,2-8H2,1H3/t10-/m1/s1. The first-order valence-corrected chi connectivity index (χ1v) is 6.58. The molecular formula is C12H20N4O. The van der Waals surface area contributed by atoms with E-state index >= 15 is 0 Å². The molecule has 1 N–H and O–H groups in total. The number of rotatable bonds is 5. The van der Waals surface area contributed by atoms with Crippen LogP contribution in [0, 0.1) is 6.92 Å². The van der Waals surface area contributed by atoms with Crippen molar-refractivity contribution in [3.05, 3.63) is 11.7 Å². The van der Waals surface area contributed by atoms with Crippen LogP contribution in [0.15, 0.2) is 4.52 Å². The van der Waals surface area contributed by atoms with E-state index in [0.717, 1.165) is 30.8 Å². The third kappa shape index (κ3) is 2.84. The fourth-order valence-corrected chi connectivity index (χ4v) is 2.56. The number of nitrogens with one attached hydrogen (secondary N) is 1. The van der Waals surface area contributed by atoms with E-state index in [4.69, 9.17) is 4.52 Å².